The van der Waals surface area contributed by atoms with E-state index >= 15 is 0 Å². The Hall–Kier alpha value is -3.22. The summed E-state index contributed by atoms with van der Waals surface area (Å²) in [5, 5.41) is 4.16. The molecule has 0 bridgehead atoms. The van der Waals surface area contributed by atoms with Crippen LogP contribution >= 0.6 is 0 Å². The molecule has 0 saturated carbocycles. The molecule has 1 amide bonds. The number of nitrogens with zero attached hydrogens (tertiary/aromatic N) is 2. The molecule has 1 atom stereocenters. The molecule has 2 aromatic carbocycles. The van der Waals surface area contributed by atoms with Gasteiger partial charge in [-0.15, -0.1) is 0 Å². The topological polar surface area (TPSA) is 69.6 Å². The van der Waals surface area contributed by atoms with Crippen LogP contribution in [0.3, 0.4) is 0 Å². The number of ether oxygens (including phenoxy) is 3. The number of amides is 1. The highest BCUT2D eigenvalue weighted by Crippen LogP contribution is 2.29. The zero-order valence-corrected chi connectivity index (χ0v) is 18.0. The molecule has 7 heteroatoms. The molecule has 2 aromatic rings. The van der Waals surface area contributed by atoms with Gasteiger partial charge in [-0.3, -0.25) is 4.79 Å². The molecule has 1 saturated heterocycles. The number of hydrogen-bond donors (Lipinski definition) is 0. The largest absolute Gasteiger partial charge is 0.497 e. The van der Waals surface area contributed by atoms with Gasteiger partial charge in [-0.2, -0.15) is 0 Å². The first-order valence-electron chi connectivity index (χ1n) is 10.6. The zero-order chi connectivity index (χ0) is 21.6. The van der Waals surface area contributed by atoms with E-state index in [2.05, 4.69) is 5.16 Å². The van der Waals surface area contributed by atoms with Crippen LogP contribution in [0.15, 0.2) is 53.7 Å². The van der Waals surface area contributed by atoms with Gasteiger partial charge in [0.1, 0.15) is 11.9 Å². The van der Waals surface area contributed by atoms with Gasteiger partial charge in [0.25, 0.3) is 5.91 Å². The summed E-state index contributed by atoms with van der Waals surface area (Å²) < 4.78 is 16.7. The molecule has 0 radical (unpaired) electrons. The lowest BCUT2D eigenvalue weighted by Gasteiger charge is -2.33. The van der Waals surface area contributed by atoms with E-state index < -0.39 is 6.10 Å². The minimum absolute atomic E-state index is 0.000124. The molecule has 164 valence electrons. The fraction of sp³-hybridized carbons (Fsp3) is 0.417. The molecule has 0 aromatic heterocycles. The fourth-order valence-electron chi connectivity index (χ4n) is 3.97. The predicted octanol–water partition coefficient (Wildman–Crippen LogP) is 3.46. The first-order chi connectivity index (χ1) is 15.2. The van der Waals surface area contributed by atoms with Crippen LogP contribution in [-0.2, 0) is 16.1 Å². The minimum Gasteiger partial charge on any atom is -0.497 e. The Balaban J connectivity index is 1.26. The summed E-state index contributed by atoms with van der Waals surface area (Å²) in [6.07, 6.45) is 2.24. The highest BCUT2D eigenvalue weighted by molar-refractivity contribution is 5.94. The normalized spacial score (nSPS) is 18.8. The Morgan fingerprint density at radius 3 is 2.58 bits per heavy atom. The lowest BCUT2D eigenvalue weighted by molar-refractivity contribution is -0.143. The van der Waals surface area contributed by atoms with Crippen LogP contribution in [0.4, 0.5) is 0 Å². The number of rotatable bonds is 7. The summed E-state index contributed by atoms with van der Waals surface area (Å²) in [5.41, 5.74) is 1.96. The average Bonchev–Trinajstić information content (AvgIpc) is 3.28. The molecule has 0 spiro atoms. The number of likely N-dealkylation sites (tertiary alicyclic amines) is 1. The van der Waals surface area contributed by atoms with Crippen molar-refractivity contribution in [2.75, 3.05) is 27.3 Å². The fourth-order valence-corrected chi connectivity index (χ4v) is 3.97. The van der Waals surface area contributed by atoms with Crippen molar-refractivity contribution in [3.63, 3.8) is 0 Å². The second kappa shape index (κ2) is 9.73. The molecule has 1 unspecified atom stereocenters. The van der Waals surface area contributed by atoms with E-state index in [1.165, 1.54) is 0 Å². The first-order valence-corrected chi connectivity index (χ1v) is 10.6. The second-order valence-electron chi connectivity index (χ2n) is 7.78. The Labute approximate surface area is 182 Å². The molecule has 1 fully saturated rings. The van der Waals surface area contributed by atoms with Gasteiger partial charge >= 0.3 is 0 Å². The number of piperidine rings is 1. The second-order valence-corrected chi connectivity index (χ2v) is 7.78. The van der Waals surface area contributed by atoms with Crippen LogP contribution < -0.4 is 14.2 Å². The third kappa shape index (κ3) is 5.10. The Bertz CT molecular complexity index is 937. The number of carbonyl (C=O) groups excluding carboxylic acids is 1. The van der Waals surface area contributed by atoms with Crippen LogP contribution in [0.25, 0.3) is 0 Å². The van der Waals surface area contributed by atoms with E-state index in [1.807, 2.05) is 53.4 Å². The lowest BCUT2D eigenvalue weighted by atomic mass is 10.0. The van der Waals surface area contributed by atoms with Crippen molar-refractivity contribution >= 4 is 11.6 Å². The lowest BCUT2D eigenvalue weighted by Crippen LogP contribution is -2.46. The van der Waals surface area contributed by atoms with Crippen molar-refractivity contribution in [3.05, 3.63) is 54.1 Å². The van der Waals surface area contributed by atoms with Gasteiger partial charge in [0.2, 0.25) is 6.10 Å². The molecule has 0 aliphatic carbocycles. The maximum absolute atomic E-state index is 12.9. The number of oxime groups is 1. The Kier molecular flexibility index (Phi) is 6.60. The molecule has 2 heterocycles. The van der Waals surface area contributed by atoms with Gasteiger partial charge in [-0.05, 0) is 29.8 Å². The molecule has 2 aliphatic heterocycles. The number of hydrogen-bond acceptors (Lipinski definition) is 6. The standard InChI is InChI=1S/C24H28N2O5/c1-28-20-7-5-6-17(15-20)14-18-16-23(31-25-18)24(27)26-12-10-19(11-13-26)30-22-9-4-3-8-21(22)29-2/h3-9,15,19,23H,10-14,16H2,1-2H3. The first kappa shape index (κ1) is 21.0. The van der Waals surface area contributed by atoms with Crippen molar-refractivity contribution in [1.29, 1.82) is 0 Å². The number of methoxy groups -OCH3 is 2. The van der Waals surface area contributed by atoms with Crippen molar-refractivity contribution in [1.82, 2.24) is 4.90 Å². The van der Waals surface area contributed by atoms with E-state index in [1.54, 1.807) is 14.2 Å². The number of para-hydroxylation sites is 2. The van der Waals surface area contributed by atoms with Crippen LogP contribution in [0, 0.1) is 0 Å². The van der Waals surface area contributed by atoms with Crippen LogP contribution in [0.5, 0.6) is 17.2 Å². The molecular formula is C24H28N2O5. The number of carbonyl (C=O) groups is 1. The zero-order valence-electron chi connectivity index (χ0n) is 18.0. The van der Waals surface area contributed by atoms with Gasteiger partial charge in [-0.1, -0.05) is 29.4 Å². The smallest absolute Gasteiger partial charge is 0.266 e. The Morgan fingerprint density at radius 1 is 1.06 bits per heavy atom. The third-order valence-corrected chi connectivity index (χ3v) is 5.66. The van der Waals surface area contributed by atoms with E-state index in [9.17, 15) is 4.79 Å². The van der Waals surface area contributed by atoms with Crippen molar-refractivity contribution < 1.29 is 23.8 Å². The van der Waals surface area contributed by atoms with Crippen molar-refractivity contribution in [3.8, 4) is 17.2 Å². The average molecular weight is 424 g/mol. The third-order valence-electron chi connectivity index (χ3n) is 5.66. The van der Waals surface area contributed by atoms with E-state index in [0.29, 0.717) is 25.9 Å². The van der Waals surface area contributed by atoms with Crippen LogP contribution in [-0.4, -0.2) is 56.0 Å². The van der Waals surface area contributed by atoms with Gasteiger partial charge in [0.05, 0.1) is 19.9 Å². The minimum atomic E-state index is -0.535. The summed E-state index contributed by atoms with van der Waals surface area (Å²) >= 11 is 0. The van der Waals surface area contributed by atoms with Gasteiger partial charge in [-0.25, -0.2) is 0 Å². The quantitative estimate of drug-likeness (QED) is 0.681. The van der Waals surface area contributed by atoms with Crippen molar-refractivity contribution in [2.24, 2.45) is 5.16 Å². The summed E-state index contributed by atoms with van der Waals surface area (Å²) in [5.74, 6) is 2.27. The molecular weight excluding hydrogens is 396 g/mol. The van der Waals surface area contributed by atoms with Gasteiger partial charge in [0.15, 0.2) is 11.5 Å². The van der Waals surface area contributed by atoms with E-state index in [-0.39, 0.29) is 12.0 Å². The highest BCUT2D eigenvalue weighted by atomic mass is 16.6. The molecule has 31 heavy (non-hydrogen) atoms. The maximum Gasteiger partial charge on any atom is 0.266 e. The van der Waals surface area contributed by atoms with Gasteiger partial charge in [0, 0.05) is 38.8 Å². The van der Waals surface area contributed by atoms with Crippen molar-refractivity contribution in [2.45, 2.75) is 37.9 Å². The van der Waals surface area contributed by atoms with Crippen LogP contribution in [0.2, 0.25) is 0 Å². The summed E-state index contributed by atoms with van der Waals surface area (Å²) in [4.78, 5) is 20.2. The predicted molar refractivity (Wildman–Crippen MR) is 117 cm³/mol. The van der Waals surface area contributed by atoms with E-state index in [0.717, 1.165) is 41.4 Å². The Morgan fingerprint density at radius 2 is 1.84 bits per heavy atom. The monoisotopic (exact) mass is 424 g/mol. The summed E-state index contributed by atoms with van der Waals surface area (Å²) in [7, 11) is 3.28. The number of benzene rings is 2. The van der Waals surface area contributed by atoms with Crippen LogP contribution in [0.1, 0.15) is 24.8 Å². The molecule has 2 aliphatic rings. The van der Waals surface area contributed by atoms with E-state index in [4.69, 9.17) is 19.0 Å². The molecule has 7 nitrogen and oxygen atoms in total. The highest BCUT2D eigenvalue weighted by Gasteiger charge is 2.34. The van der Waals surface area contributed by atoms with Gasteiger partial charge < -0.3 is 23.9 Å². The summed E-state index contributed by atoms with van der Waals surface area (Å²) in [6.45, 7) is 1.29. The molecule has 4 rings (SSSR count). The maximum atomic E-state index is 12.9. The SMILES string of the molecule is COc1cccc(CC2=NOC(C(=O)N3CCC(Oc4ccccc4OC)CC3)C2)c1. The molecule has 0 N–H and O–H groups in total. The summed E-state index contributed by atoms with van der Waals surface area (Å²) in [6, 6.07) is 15.5.